The van der Waals surface area contributed by atoms with Gasteiger partial charge >= 0.3 is 0 Å². The molecule has 1 aromatic carbocycles. The van der Waals surface area contributed by atoms with Gasteiger partial charge in [-0.3, -0.25) is 0 Å². The predicted molar refractivity (Wildman–Crippen MR) is 80.4 cm³/mol. The summed E-state index contributed by atoms with van der Waals surface area (Å²) in [6.07, 6.45) is 7.42. The summed E-state index contributed by atoms with van der Waals surface area (Å²) in [5, 5.41) is 8.22. The van der Waals surface area contributed by atoms with Crippen LogP contribution in [0.3, 0.4) is 0 Å². The molecule has 1 aliphatic carbocycles. The minimum atomic E-state index is 0.619. The second-order valence-electron chi connectivity index (χ2n) is 6.05. The van der Waals surface area contributed by atoms with Gasteiger partial charge < -0.3 is 5.32 Å². The molecule has 3 nitrogen and oxygen atoms in total. The molecule has 1 unspecified atom stereocenters. The van der Waals surface area contributed by atoms with Crippen molar-refractivity contribution in [1.82, 2.24) is 15.1 Å². The molecule has 2 heterocycles. The third-order valence-electron chi connectivity index (χ3n) is 4.83. The molecule has 2 fully saturated rings. The van der Waals surface area contributed by atoms with Crippen LogP contribution in [0.25, 0.3) is 5.69 Å². The zero-order valence-corrected chi connectivity index (χ0v) is 11.8. The van der Waals surface area contributed by atoms with Gasteiger partial charge in [0.05, 0.1) is 17.6 Å². The van der Waals surface area contributed by atoms with Crippen LogP contribution in [0.5, 0.6) is 0 Å². The minimum absolute atomic E-state index is 0.619. The van der Waals surface area contributed by atoms with Crippen molar-refractivity contribution in [2.45, 2.75) is 37.5 Å². The zero-order valence-electron chi connectivity index (χ0n) is 11.8. The predicted octanol–water partition coefficient (Wildman–Crippen LogP) is 3.22. The fraction of sp³-hybridized carbons (Fsp3) is 0.471. The van der Waals surface area contributed by atoms with Crippen molar-refractivity contribution in [3.63, 3.8) is 0 Å². The summed E-state index contributed by atoms with van der Waals surface area (Å²) in [4.78, 5) is 0. The Kier molecular flexibility index (Phi) is 3.07. The largest absolute Gasteiger partial charge is 0.316 e. The molecule has 1 aliphatic heterocycles. The molecule has 2 aromatic rings. The molecule has 0 radical (unpaired) electrons. The molecular weight excluding hydrogens is 246 g/mol. The van der Waals surface area contributed by atoms with Gasteiger partial charge in [0.25, 0.3) is 0 Å². The first-order valence-electron chi connectivity index (χ1n) is 7.77. The average molecular weight is 267 g/mol. The van der Waals surface area contributed by atoms with E-state index in [0.717, 1.165) is 19.0 Å². The molecule has 4 rings (SSSR count). The number of nitrogens with one attached hydrogen (secondary N) is 1. The molecule has 0 bridgehead atoms. The molecule has 1 N–H and O–H groups in total. The van der Waals surface area contributed by atoms with Gasteiger partial charge in [0.1, 0.15) is 0 Å². The normalized spacial score (nSPS) is 22.9. The number of nitrogens with zero attached hydrogens (tertiary/aromatic N) is 2. The first kappa shape index (κ1) is 12.2. The number of rotatable bonds is 3. The lowest BCUT2D eigenvalue weighted by molar-refractivity contribution is 0.415. The van der Waals surface area contributed by atoms with E-state index in [9.17, 15) is 0 Å². The van der Waals surface area contributed by atoms with Gasteiger partial charge in [-0.1, -0.05) is 24.6 Å². The number of para-hydroxylation sites is 1. The molecule has 2 aliphatic rings. The second kappa shape index (κ2) is 5.06. The van der Waals surface area contributed by atoms with E-state index in [1.807, 2.05) is 0 Å². The van der Waals surface area contributed by atoms with Gasteiger partial charge in [0.15, 0.2) is 0 Å². The maximum Gasteiger partial charge on any atom is 0.0649 e. The summed E-state index contributed by atoms with van der Waals surface area (Å²) < 4.78 is 2.19. The Bertz CT molecular complexity index is 578. The van der Waals surface area contributed by atoms with E-state index in [1.165, 1.54) is 42.6 Å². The van der Waals surface area contributed by atoms with E-state index in [-0.39, 0.29) is 0 Å². The fourth-order valence-corrected chi connectivity index (χ4v) is 3.48. The standard InChI is InChI=1S/C17H21N3/c1-2-7-15(8-3-1)20-17(14-9-10-18-11-14)16(12-19-20)13-5-4-6-13/h1-3,7-8,12-14,18H,4-6,9-11H2. The molecule has 1 saturated carbocycles. The van der Waals surface area contributed by atoms with E-state index in [2.05, 4.69) is 46.5 Å². The van der Waals surface area contributed by atoms with Crippen molar-refractivity contribution in [3.05, 3.63) is 47.8 Å². The third kappa shape index (κ3) is 1.97. The van der Waals surface area contributed by atoms with Crippen molar-refractivity contribution in [1.29, 1.82) is 0 Å². The first-order valence-corrected chi connectivity index (χ1v) is 7.77. The van der Waals surface area contributed by atoms with Gasteiger partial charge in [-0.15, -0.1) is 0 Å². The quantitative estimate of drug-likeness (QED) is 0.925. The van der Waals surface area contributed by atoms with Crippen LogP contribution >= 0.6 is 0 Å². The maximum atomic E-state index is 4.72. The van der Waals surface area contributed by atoms with E-state index < -0.39 is 0 Å². The highest BCUT2D eigenvalue weighted by Gasteiger charge is 2.30. The molecule has 104 valence electrons. The Morgan fingerprint density at radius 2 is 1.90 bits per heavy atom. The molecule has 0 spiro atoms. The lowest BCUT2D eigenvalue weighted by Gasteiger charge is -2.27. The highest BCUT2D eigenvalue weighted by Crippen LogP contribution is 2.41. The van der Waals surface area contributed by atoms with Crippen LogP contribution in [0.2, 0.25) is 0 Å². The Morgan fingerprint density at radius 3 is 2.55 bits per heavy atom. The van der Waals surface area contributed by atoms with Gasteiger partial charge in [0, 0.05) is 12.5 Å². The summed E-state index contributed by atoms with van der Waals surface area (Å²) in [5.74, 6) is 1.37. The summed E-state index contributed by atoms with van der Waals surface area (Å²) >= 11 is 0. The average Bonchev–Trinajstić information content (AvgIpc) is 3.06. The third-order valence-corrected chi connectivity index (χ3v) is 4.83. The van der Waals surface area contributed by atoms with Crippen LogP contribution in [0.15, 0.2) is 36.5 Å². The van der Waals surface area contributed by atoms with Crippen LogP contribution in [-0.4, -0.2) is 22.9 Å². The van der Waals surface area contributed by atoms with Crippen molar-refractivity contribution < 1.29 is 0 Å². The number of aromatic nitrogens is 2. The molecule has 1 atom stereocenters. The van der Waals surface area contributed by atoms with Gasteiger partial charge in [-0.05, 0) is 49.4 Å². The van der Waals surface area contributed by atoms with Gasteiger partial charge in [0.2, 0.25) is 0 Å². The number of hydrogen-bond acceptors (Lipinski definition) is 2. The zero-order chi connectivity index (χ0) is 13.4. The molecule has 1 saturated heterocycles. The lowest BCUT2D eigenvalue weighted by atomic mass is 9.78. The molecular formula is C17H21N3. The highest BCUT2D eigenvalue weighted by molar-refractivity contribution is 5.38. The van der Waals surface area contributed by atoms with Crippen LogP contribution in [0.4, 0.5) is 0 Å². The summed E-state index contributed by atoms with van der Waals surface area (Å²) in [5.41, 5.74) is 4.17. The Balaban J connectivity index is 1.79. The van der Waals surface area contributed by atoms with Crippen molar-refractivity contribution in [3.8, 4) is 5.69 Å². The second-order valence-corrected chi connectivity index (χ2v) is 6.05. The van der Waals surface area contributed by atoms with Crippen molar-refractivity contribution in [2.24, 2.45) is 0 Å². The summed E-state index contributed by atoms with van der Waals surface area (Å²) in [7, 11) is 0. The molecule has 20 heavy (non-hydrogen) atoms. The van der Waals surface area contributed by atoms with E-state index in [1.54, 1.807) is 0 Å². The molecule has 0 amide bonds. The molecule has 3 heteroatoms. The Hall–Kier alpha value is -1.61. The van der Waals surface area contributed by atoms with E-state index in [0.29, 0.717) is 5.92 Å². The van der Waals surface area contributed by atoms with E-state index >= 15 is 0 Å². The van der Waals surface area contributed by atoms with Crippen molar-refractivity contribution in [2.75, 3.05) is 13.1 Å². The summed E-state index contributed by atoms with van der Waals surface area (Å²) in [6, 6.07) is 10.6. The van der Waals surface area contributed by atoms with Gasteiger partial charge in [-0.2, -0.15) is 5.10 Å². The summed E-state index contributed by atoms with van der Waals surface area (Å²) in [6.45, 7) is 2.23. The number of hydrogen-bond donors (Lipinski definition) is 1. The lowest BCUT2D eigenvalue weighted by Crippen LogP contribution is -2.16. The highest BCUT2D eigenvalue weighted by atomic mass is 15.3. The maximum absolute atomic E-state index is 4.72. The smallest absolute Gasteiger partial charge is 0.0649 e. The fourth-order valence-electron chi connectivity index (χ4n) is 3.48. The minimum Gasteiger partial charge on any atom is -0.316 e. The Labute approximate surface area is 120 Å². The SMILES string of the molecule is c1ccc(-n2ncc(C3CCC3)c2C2CCNC2)cc1. The topological polar surface area (TPSA) is 29.9 Å². The van der Waals surface area contributed by atoms with Crippen LogP contribution in [0.1, 0.15) is 48.8 Å². The van der Waals surface area contributed by atoms with E-state index in [4.69, 9.17) is 5.10 Å². The number of benzene rings is 1. The van der Waals surface area contributed by atoms with Crippen LogP contribution in [-0.2, 0) is 0 Å². The van der Waals surface area contributed by atoms with Crippen molar-refractivity contribution >= 4 is 0 Å². The monoisotopic (exact) mass is 267 g/mol. The van der Waals surface area contributed by atoms with Crippen LogP contribution in [0, 0.1) is 0 Å². The first-order chi connectivity index (χ1) is 9.93. The van der Waals surface area contributed by atoms with Crippen LogP contribution < -0.4 is 5.32 Å². The Morgan fingerprint density at radius 1 is 1.05 bits per heavy atom. The van der Waals surface area contributed by atoms with Gasteiger partial charge in [-0.25, -0.2) is 4.68 Å². The molecule has 1 aromatic heterocycles.